The number of anilines is 1. The van der Waals surface area contributed by atoms with Crippen molar-refractivity contribution in [3.8, 4) is 0 Å². The minimum Gasteiger partial charge on any atom is -0.325 e. The van der Waals surface area contributed by atoms with Gasteiger partial charge in [0.2, 0.25) is 5.91 Å². The number of para-hydroxylation sites is 1. The Morgan fingerprint density at radius 2 is 2.07 bits per heavy atom. The molecule has 1 amide bonds. The zero-order valence-electron chi connectivity index (χ0n) is 16.9. The normalized spacial score (nSPS) is 14.6. The molecule has 7 heteroatoms. The average Bonchev–Trinajstić information content (AvgIpc) is 3.08. The molecular formula is C22H25N3O2S2. The molecule has 0 aliphatic heterocycles. The lowest BCUT2D eigenvalue weighted by Crippen LogP contribution is -2.27. The summed E-state index contributed by atoms with van der Waals surface area (Å²) >= 11 is 3.00. The van der Waals surface area contributed by atoms with Crippen molar-refractivity contribution in [2.75, 3.05) is 5.32 Å². The molecule has 29 heavy (non-hydrogen) atoms. The van der Waals surface area contributed by atoms with Crippen LogP contribution in [-0.2, 0) is 24.2 Å². The van der Waals surface area contributed by atoms with Crippen molar-refractivity contribution in [1.29, 1.82) is 0 Å². The summed E-state index contributed by atoms with van der Waals surface area (Å²) in [5.74, 6) is -0.0910. The Balaban J connectivity index is 1.64. The van der Waals surface area contributed by atoms with Crippen LogP contribution in [0, 0.1) is 6.92 Å². The molecule has 0 fully saturated rings. The first-order chi connectivity index (χ1) is 14.0. The second-order valence-electron chi connectivity index (χ2n) is 7.40. The molecule has 0 bridgehead atoms. The van der Waals surface area contributed by atoms with Gasteiger partial charge < -0.3 is 5.32 Å². The lowest BCUT2D eigenvalue weighted by atomic mass is 9.97. The minimum atomic E-state index is -0.369. The molecular weight excluding hydrogens is 402 g/mol. The van der Waals surface area contributed by atoms with Crippen LogP contribution in [0.25, 0.3) is 10.2 Å². The van der Waals surface area contributed by atoms with E-state index in [1.807, 2.05) is 45.0 Å². The number of nitrogens with one attached hydrogen (secondary N) is 1. The van der Waals surface area contributed by atoms with Crippen LogP contribution in [0.5, 0.6) is 0 Å². The second kappa shape index (κ2) is 8.32. The Kier molecular flexibility index (Phi) is 5.79. The standard InChI is InChI=1S/C22H25N3O2S2/c1-4-25-21(27)18-15-10-6-8-12-17(15)29-20(18)24-22(25)28-14(3)19(26)23-16-11-7-5-9-13(16)2/h5,7,9,11,14H,4,6,8,10,12H2,1-3H3,(H,23,26). The molecule has 1 aliphatic carbocycles. The number of hydrogen-bond acceptors (Lipinski definition) is 5. The Labute approximate surface area is 178 Å². The quantitative estimate of drug-likeness (QED) is 0.470. The smallest absolute Gasteiger partial charge is 0.263 e. The number of carbonyl (C=O) groups excluding carboxylic acids is 1. The Morgan fingerprint density at radius 3 is 2.83 bits per heavy atom. The molecule has 4 rings (SSSR count). The van der Waals surface area contributed by atoms with E-state index in [4.69, 9.17) is 4.98 Å². The molecule has 0 radical (unpaired) electrons. The Hall–Kier alpha value is -2.12. The van der Waals surface area contributed by atoms with Crippen molar-refractivity contribution in [2.45, 2.75) is 63.4 Å². The number of hydrogen-bond donors (Lipinski definition) is 1. The van der Waals surface area contributed by atoms with Crippen molar-refractivity contribution in [1.82, 2.24) is 9.55 Å². The lowest BCUT2D eigenvalue weighted by Gasteiger charge is -2.16. The van der Waals surface area contributed by atoms with Crippen molar-refractivity contribution < 1.29 is 4.79 Å². The van der Waals surface area contributed by atoms with E-state index >= 15 is 0 Å². The lowest BCUT2D eigenvalue weighted by molar-refractivity contribution is -0.115. The Bertz CT molecular complexity index is 1130. The number of rotatable bonds is 5. The average molecular weight is 428 g/mol. The molecule has 2 heterocycles. The van der Waals surface area contributed by atoms with Crippen LogP contribution in [-0.4, -0.2) is 20.7 Å². The molecule has 3 aromatic rings. The molecule has 152 valence electrons. The van der Waals surface area contributed by atoms with Crippen molar-refractivity contribution in [2.24, 2.45) is 0 Å². The van der Waals surface area contributed by atoms with E-state index in [-0.39, 0.29) is 16.7 Å². The number of fused-ring (bicyclic) bond motifs is 3. The molecule has 0 spiro atoms. The molecule has 2 aromatic heterocycles. The third kappa shape index (κ3) is 3.85. The fraction of sp³-hybridized carbons (Fsp3) is 0.409. The number of nitrogens with zero attached hydrogens (tertiary/aromatic N) is 2. The number of benzene rings is 1. The van der Waals surface area contributed by atoms with Gasteiger partial charge in [-0.05, 0) is 63.6 Å². The van der Waals surface area contributed by atoms with Crippen LogP contribution in [0.3, 0.4) is 0 Å². The summed E-state index contributed by atoms with van der Waals surface area (Å²) in [6.07, 6.45) is 4.33. The van der Waals surface area contributed by atoms with E-state index in [9.17, 15) is 9.59 Å². The molecule has 0 saturated heterocycles. The SMILES string of the molecule is CCn1c(SC(C)C(=O)Nc2ccccc2C)nc2sc3c(c2c1=O)CCCC3. The molecule has 1 aromatic carbocycles. The number of thiophene rings is 1. The molecule has 1 N–H and O–H groups in total. The molecule has 0 saturated carbocycles. The summed E-state index contributed by atoms with van der Waals surface area (Å²) in [4.78, 5) is 32.9. The van der Waals surface area contributed by atoms with Crippen LogP contribution in [0.2, 0.25) is 0 Å². The van der Waals surface area contributed by atoms with Gasteiger partial charge in [0.05, 0.1) is 10.6 Å². The largest absolute Gasteiger partial charge is 0.325 e. The summed E-state index contributed by atoms with van der Waals surface area (Å²) in [6, 6.07) is 7.72. The van der Waals surface area contributed by atoms with Crippen molar-refractivity contribution in [3.63, 3.8) is 0 Å². The van der Waals surface area contributed by atoms with Crippen LogP contribution in [0.1, 0.15) is 42.7 Å². The highest BCUT2D eigenvalue weighted by molar-refractivity contribution is 8.00. The van der Waals surface area contributed by atoms with Gasteiger partial charge in [-0.25, -0.2) is 4.98 Å². The summed E-state index contributed by atoms with van der Waals surface area (Å²) in [7, 11) is 0. The summed E-state index contributed by atoms with van der Waals surface area (Å²) in [5.41, 5.74) is 3.07. The zero-order chi connectivity index (χ0) is 20.5. The number of amides is 1. The van der Waals surface area contributed by atoms with Gasteiger partial charge in [0.25, 0.3) is 5.56 Å². The fourth-order valence-corrected chi connectivity index (χ4v) is 6.02. The second-order valence-corrected chi connectivity index (χ2v) is 9.79. The van der Waals surface area contributed by atoms with Crippen molar-refractivity contribution >= 4 is 44.9 Å². The van der Waals surface area contributed by atoms with E-state index in [1.165, 1.54) is 28.6 Å². The molecule has 5 nitrogen and oxygen atoms in total. The maximum atomic E-state index is 13.2. The first kappa shape index (κ1) is 20.2. The minimum absolute atomic E-state index is 0.0333. The van der Waals surface area contributed by atoms with Gasteiger partial charge >= 0.3 is 0 Å². The number of carbonyl (C=O) groups is 1. The van der Waals surface area contributed by atoms with Gasteiger partial charge in [-0.1, -0.05) is 30.0 Å². The summed E-state index contributed by atoms with van der Waals surface area (Å²) < 4.78 is 1.71. The maximum Gasteiger partial charge on any atom is 0.263 e. The van der Waals surface area contributed by atoms with Crippen LogP contribution in [0.15, 0.2) is 34.2 Å². The zero-order valence-corrected chi connectivity index (χ0v) is 18.6. The topological polar surface area (TPSA) is 64.0 Å². The van der Waals surface area contributed by atoms with Crippen molar-refractivity contribution in [3.05, 3.63) is 50.6 Å². The van der Waals surface area contributed by atoms with E-state index < -0.39 is 0 Å². The third-order valence-electron chi connectivity index (χ3n) is 5.41. The van der Waals surface area contributed by atoms with E-state index in [0.717, 1.165) is 40.7 Å². The van der Waals surface area contributed by atoms with Gasteiger partial charge in [0, 0.05) is 17.1 Å². The molecule has 1 unspecified atom stereocenters. The van der Waals surface area contributed by atoms with E-state index in [0.29, 0.717) is 11.7 Å². The molecule has 1 aliphatic rings. The van der Waals surface area contributed by atoms with Crippen LogP contribution >= 0.6 is 23.1 Å². The fourth-order valence-electron chi connectivity index (χ4n) is 3.75. The summed E-state index contributed by atoms with van der Waals surface area (Å²) in [5, 5.41) is 4.04. The first-order valence-electron chi connectivity index (χ1n) is 10.1. The third-order valence-corrected chi connectivity index (χ3v) is 7.69. The molecule has 1 atom stereocenters. The van der Waals surface area contributed by atoms with Gasteiger partial charge in [0.1, 0.15) is 4.83 Å². The van der Waals surface area contributed by atoms with E-state index in [2.05, 4.69) is 5.32 Å². The number of thioether (sulfide) groups is 1. The predicted octanol–water partition coefficient (Wildman–Crippen LogP) is 4.78. The maximum absolute atomic E-state index is 13.2. The van der Waals surface area contributed by atoms with Gasteiger partial charge in [-0.15, -0.1) is 11.3 Å². The predicted molar refractivity (Wildman–Crippen MR) is 121 cm³/mol. The first-order valence-corrected chi connectivity index (χ1v) is 11.8. The highest BCUT2D eigenvalue weighted by Gasteiger charge is 2.24. The van der Waals surface area contributed by atoms with Crippen LogP contribution in [0.4, 0.5) is 5.69 Å². The van der Waals surface area contributed by atoms with Gasteiger partial charge in [0.15, 0.2) is 5.16 Å². The van der Waals surface area contributed by atoms with Gasteiger partial charge in [-0.3, -0.25) is 14.2 Å². The highest BCUT2D eigenvalue weighted by atomic mass is 32.2. The monoisotopic (exact) mass is 427 g/mol. The summed E-state index contributed by atoms with van der Waals surface area (Å²) in [6.45, 7) is 6.32. The van der Waals surface area contributed by atoms with Crippen LogP contribution < -0.4 is 10.9 Å². The highest BCUT2D eigenvalue weighted by Crippen LogP contribution is 2.35. The number of aromatic nitrogens is 2. The Morgan fingerprint density at radius 1 is 1.31 bits per heavy atom. The van der Waals surface area contributed by atoms with Gasteiger partial charge in [-0.2, -0.15) is 0 Å². The number of aryl methyl sites for hydroxylation is 3. The van der Waals surface area contributed by atoms with E-state index in [1.54, 1.807) is 15.9 Å².